The second-order valence-corrected chi connectivity index (χ2v) is 6.43. The Labute approximate surface area is 146 Å². The zero-order valence-electron chi connectivity index (χ0n) is 12.1. The zero-order valence-corrected chi connectivity index (χ0v) is 12.9. The van der Waals surface area contributed by atoms with Crippen LogP contribution >= 0.6 is 0 Å². The van der Waals surface area contributed by atoms with E-state index in [2.05, 4.69) is 0 Å². The molecule has 1 N–H and O–H groups in total. The fraction of sp³-hybridized carbons (Fsp3) is 1.00. The molecule has 176 valence electrons. The van der Waals surface area contributed by atoms with Crippen molar-refractivity contribution in [2.45, 2.75) is 41.6 Å². The topological polar surface area (TPSA) is 54.4 Å². The summed E-state index contributed by atoms with van der Waals surface area (Å²) in [7, 11) is -8.33. The Morgan fingerprint density at radius 2 is 0.724 bits per heavy atom. The molecule has 3 nitrogen and oxygen atoms in total. The summed E-state index contributed by atoms with van der Waals surface area (Å²) in [4.78, 5) is 0. The first-order chi connectivity index (χ1) is 12.0. The van der Waals surface area contributed by atoms with Gasteiger partial charge in [0.2, 0.25) is 0 Å². The molecule has 29 heavy (non-hydrogen) atoms. The summed E-state index contributed by atoms with van der Waals surface area (Å²) in [6, 6.07) is 0. The molecule has 0 bridgehead atoms. The van der Waals surface area contributed by atoms with E-state index in [1.165, 1.54) is 0 Å². The molecule has 0 aliphatic rings. The fourth-order valence-corrected chi connectivity index (χ4v) is 2.58. The van der Waals surface area contributed by atoms with E-state index in [9.17, 15) is 83.1 Å². The monoisotopic (exact) mass is 500 g/mol. The van der Waals surface area contributed by atoms with Gasteiger partial charge in [-0.3, -0.25) is 4.55 Å². The van der Waals surface area contributed by atoms with Crippen LogP contribution in [0.1, 0.15) is 0 Å². The predicted molar refractivity (Wildman–Crippen MR) is 51.9 cm³/mol. The molecule has 0 amide bonds. The van der Waals surface area contributed by atoms with E-state index < -0.39 is 57.1 Å². The van der Waals surface area contributed by atoms with Gasteiger partial charge in [0.15, 0.2) is 0 Å². The first kappa shape index (κ1) is 27.7. The van der Waals surface area contributed by atoms with Gasteiger partial charge < -0.3 is 0 Å². The minimum Gasteiger partial charge on any atom is -0.281 e. The summed E-state index contributed by atoms with van der Waals surface area (Å²) >= 11 is 0. The number of rotatable bonds is 4. The van der Waals surface area contributed by atoms with Crippen molar-refractivity contribution in [2.24, 2.45) is 5.41 Å². The van der Waals surface area contributed by atoms with Gasteiger partial charge in [0.25, 0.3) is 0 Å². The molecule has 1 atom stereocenters. The average molecular weight is 500 g/mol. The molecule has 0 saturated heterocycles. The van der Waals surface area contributed by atoms with Crippen LogP contribution in [0, 0.1) is 5.41 Å². The molecule has 0 aliphatic heterocycles. The third kappa shape index (κ3) is 3.26. The van der Waals surface area contributed by atoms with Crippen molar-refractivity contribution >= 4 is 10.1 Å². The molecule has 0 aromatic rings. The van der Waals surface area contributed by atoms with E-state index in [1.807, 2.05) is 0 Å². The lowest BCUT2D eigenvalue weighted by Gasteiger charge is -2.49. The summed E-state index contributed by atoms with van der Waals surface area (Å²) in [6.45, 7) is 0. The molecule has 1 unspecified atom stereocenters. The van der Waals surface area contributed by atoms with Crippen LogP contribution in [-0.2, 0) is 10.1 Å². The molecule has 0 radical (unpaired) electrons. The third-order valence-electron chi connectivity index (χ3n) is 3.29. The highest BCUT2D eigenvalue weighted by molar-refractivity contribution is 7.87. The zero-order chi connectivity index (χ0) is 24.5. The van der Waals surface area contributed by atoms with E-state index in [-0.39, 0.29) is 0 Å². The van der Waals surface area contributed by atoms with Crippen LogP contribution in [-0.4, -0.2) is 54.5 Å². The van der Waals surface area contributed by atoms with Crippen LogP contribution in [0.4, 0.5) is 74.6 Å². The Kier molecular flexibility index (Phi) is 6.08. The number of alkyl halides is 17. The second kappa shape index (κ2) is 6.36. The van der Waals surface area contributed by atoms with E-state index in [4.69, 9.17) is 4.55 Å². The van der Waals surface area contributed by atoms with Crippen molar-refractivity contribution in [3.63, 3.8) is 0 Å². The molecule has 0 aliphatic carbocycles. The lowest BCUT2D eigenvalue weighted by molar-refractivity contribution is -0.508. The van der Waals surface area contributed by atoms with Crippen molar-refractivity contribution in [2.75, 3.05) is 0 Å². The quantitative estimate of drug-likeness (QED) is 0.435. The molecule has 0 aromatic heterocycles. The summed E-state index contributed by atoms with van der Waals surface area (Å²) in [5.41, 5.74) is -18.3. The Bertz CT molecular complexity index is 686. The Morgan fingerprint density at radius 3 is 0.862 bits per heavy atom. The standard InChI is InChI=1S/C8HF17O3S/c9-2(7(21,22)23,8(24,25)29(26,27)28)3(10,11)1(4(12,13)14,5(15,16)17)6(18,19)20/h(H,26,27,28). The Morgan fingerprint density at radius 1 is 0.483 bits per heavy atom. The maximum atomic E-state index is 13.8. The van der Waals surface area contributed by atoms with E-state index in [0.717, 1.165) is 0 Å². The minimum absolute atomic E-state index is 7.79. The highest BCUT2D eigenvalue weighted by Gasteiger charge is 3.03. The maximum absolute atomic E-state index is 13.8. The fourth-order valence-electron chi connectivity index (χ4n) is 1.98. The lowest BCUT2D eigenvalue weighted by atomic mass is 9.71. The summed E-state index contributed by atoms with van der Waals surface area (Å²) in [5, 5.41) is -8.39. The SMILES string of the molecule is O=S(=O)(O)C(F)(F)C(F)(C(F)(F)F)C(F)(F)C(C(F)(F)F)(C(F)(F)F)C(F)(F)F. The molecule has 0 fully saturated rings. The lowest BCUT2D eigenvalue weighted by Crippen LogP contribution is -2.80. The number of hydrogen-bond acceptors (Lipinski definition) is 2. The van der Waals surface area contributed by atoms with Crippen LogP contribution in [0.15, 0.2) is 0 Å². The van der Waals surface area contributed by atoms with E-state index in [0.29, 0.717) is 0 Å². The predicted octanol–water partition coefficient (Wildman–Crippen LogP) is 5.05. The Hall–Kier alpha value is -1.28. The van der Waals surface area contributed by atoms with Gasteiger partial charge in [-0.05, 0) is 0 Å². The van der Waals surface area contributed by atoms with Crippen molar-refractivity contribution in [3.8, 4) is 0 Å². The largest absolute Gasteiger partial charge is 0.435 e. The summed E-state index contributed by atoms with van der Waals surface area (Å²) in [5.74, 6) is -9.41. The van der Waals surface area contributed by atoms with Crippen molar-refractivity contribution in [3.05, 3.63) is 0 Å². The van der Waals surface area contributed by atoms with Crippen molar-refractivity contribution < 1.29 is 87.6 Å². The highest BCUT2D eigenvalue weighted by Crippen LogP contribution is 2.72. The molecule has 21 heteroatoms. The van der Waals surface area contributed by atoms with Gasteiger partial charge in [-0.25, -0.2) is 13.2 Å². The van der Waals surface area contributed by atoms with Crippen LogP contribution in [0.5, 0.6) is 0 Å². The van der Waals surface area contributed by atoms with Crippen molar-refractivity contribution in [1.82, 2.24) is 0 Å². The van der Waals surface area contributed by atoms with E-state index in [1.54, 1.807) is 0 Å². The van der Waals surface area contributed by atoms with Gasteiger partial charge in [0.05, 0.1) is 0 Å². The van der Waals surface area contributed by atoms with Gasteiger partial charge in [0.1, 0.15) is 0 Å². The van der Waals surface area contributed by atoms with Crippen LogP contribution in [0.3, 0.4) is 0 Å². The first-order valence-corrected chi connectivity index (χ1v) is 7.12. The number of halogens is 17. The Balaban J connectivity index is 8.03. The maximum Gasteiger partial charge on any atom is 0.435 e. The summed E-state index contributed by atoms with van der Waals surface area (Å²) in [6.07, 6.45) is -34.7. The number of hydrogen-bond donors (Lipinski definition) is 1. The van der Waals surface area contributed by atoms with Gasteiger partial charge in [-0.15, -0.1) is 0 Å². The van der Waals surface area contributed by atoms with Gasteiger partial charge >= 0.3 is 57.1 Å². The molecular weight excluding hydrogens is 499 g/mol. The van der Waals surface area contributed by atoms with Crippen LogP contribution in [0.25, 0.3) is 0 Å². The van der Waals surface area contributed by atoms with Crippen LogP contribution in [0.2, 0.25) is 0 Å². The molecule has 0 saturated carbocycles. The second-order valence-electron chi connectivity index (χ2n) is 4.97. The summed E-state index contributed by atoms with van der Waals surface area (Å²) < 4.78 is 246. The first-order valence-electron chi connectivity index (χ1n) is 5.68. The molecule has 0 rings (SSSR count). The third-order valence-corrected chi connectivity index (χ3v) is 4.22. The average Bonchev–Trinajstić information content (AvgIpc) is 2.28. The molecule has 0 heterocycles. The molecular formula is C8HF17O3S. The van der Waals surface area contributed by atoms with Crippen LogP contribution < -0.4 is 0 Å². The smallest absolute Gasteiger partial charge is 0.281 e. The highest BCUT2D eigenvalue weighted by atomic mass is 32.2. The van der Waals surface area contributed by atoms with Gasteiger partial charge in [0, 0.05) is 0 Å². The minimum atomic E-state index is -9.41. The van der Waals surface area contributed by atoms with Gasteiger partial charge in [-0.2, -0.15) is 69.9 Å². The normalized spacial score (nSPS) is 18.6. The van der Waals surface area contributed by atoms with Gasteiger partial charge in [-0.1, -0.05) is 0 Å². The molecule has 0 spiro atoms. The van der Waals surface area contributed by atoms with Crippen molar-refractivity contribution in [1.29, 1.82) is 0 Å². The molecule has 0 aromatic carbocycles. The van der Waals surface area contributed by atoms with E-state index >= 15 is 0 Å².